The summed E-state index contributed by atoms with van der Waals surface area (Å²) in [5, 5.41) is 9.62. The average Bonchev–Trinajstić information content (AvgIpc) is 3.30. The Morgan fingerprint density at radius 3 is 2.70 bits per heavy atom. The zero-order chi connectivity index (χ0) is 21.4. The number of hydrogen-bond donors (Lipinski definition) is 2. The van der Waals surface area contributed by atoms with Crippen LogP contribution in [0.3, 0.4) is 0 Å². The second-order valence-corrected chi connectivity index (χ2v) is 8.19. The summed E-state index contributed by atoms with van der Waals surface area (Å²) in [6.07, 6.45) is 0.860. The summed E-state index contributed by atoms with van der Waals surface area (Å²) in [6, 6.07) is 6.25. The Balaban J connectivity index is 1.44. The molecule has 9 heteroatoms. The molecule has 4 rings (SSSR count). The van der Waals surface area contributed by atoms with E-state index in [2.05, 4.69) is 57.4 Å². The lowest BCUT2D eigenvalue weighted by atomic mass is 10.1. The van der Waals surface area contributed by atoms with E-state index in [4.69, 9.17) is 5.73 Å². The molecular formula is C21H23N7OS. The SMILES string of the molecule is Cc1ccc(-c2csc(NC(=O)CCc3c(C)nc4nc(N)nn4c3C)n2)cc1C. The van der Waals surface area contributed by atoms with E-state index in [1.807, 2.05) is 19.2 Å². The van der Waals surface area contributed by atoms with Crippen LogP contribution >= 0.6 is 11.3 Å². The zero-order valence-electron chi connectivity index (χ0n) is 17.4. The maximum absolute atomic E-state index is 12.5. The minimum atomic E-state index is -0.0898. The molecule has 0 atom stereocenters. The lowest BCUT2D eigenvalue weighted by molar-refractivity contribution is -0.116. The van der Waals surface area contributed by atoms with Gasteiger partial charge in [-0.1, -0.05) is 12.1 Å². The van der Waals surface area contributed by atoms with E-state index in [1.54, 1.807) is 4.52 Å². The molecule has 0 unspecified atom stereocenters. The standard InChI is InChI=1S/C21H23N7OS/c1-11-5-6-15(9-12(11)2)17-10-30-21(24-17)25-18(29)8-7-16-13(3)23-20-26-19(22)27-28(20)14(16)4/h5-6,9-10H,7-8H2,1-4H3,(H2,22,27)(H,24,25,29). The van der Waals surface area contributed by atoms with Crippen LogP contribution in [-0.2, 0) is 11.2 Å². The van der Waals surface area contributed by atoms with Crippen LogP contribution in [-0.4, -0.2) is 30.5 Å². The van der Waals surface area contributed by atoms with E-state index < -0.39 is 0 Å². The van der Waals surface area contributed by atoms with Crippen molar-refractivity contribution in [2.75, 3.05) is 11.1 Å². The van der Waals surface area contributed by atoms with Crippen molar-refractivity contribution in [1.82, 2.24) is 24.6 Å². The molecule has 0 aliphatic heterocycles. The van der Waals surface area contributed by atoms with Crippen molar-refractivity contribution in [3.05, 3.63) is 51.7 Å². The number of hydrogen-bond acceptors (Lipinski definition) is 7. The first-order chi connectivity index (χ1) is 14.3. The number of nitrogen functional groups attached to an aromatic ring is 1. The number of aromatic nitrogens is 5. The van der Waals surface area contributed by atoms with Gasteiger partial charge in [-0.15, -0.1) is 16.4 Å². The van der Waals surface area contributed by atoms with Gasteiger partial charge in [-0.3, -0.25) is 4.79 Å². The third kappa shape index (κ3) is 3.88. The molecule has 0 fully saturated rings. The van der Waals surface area contributed by atoms with E-state index in [0.717, 1.165) is 28.2 Å². The summed E-state index contributed by atoms with van der Waals surface area (Å²) in [6.45, 7) is 8.00. The highest BCUT2D eigenvalue weighted by Crippen LogP contribution is 2.26. The Kier molecular flexibility index (Phi) is 5.21. The second-order valence-electron chi connectivity index (χ2n) is 7.33. The van der Waals surface area contributed by atoms with Gasteiger partial charge in [0.15, 0.2) is 5.13 Å². The summed E-state index contributed by atoms with van der Waals surface area (Å²) >= 11 is 1.42. The number of fused-ring (bicyclic) bond motifs is 1. The first-order valence-corrected chi connectivity index (χ1v) is 10.5. The third-order valence-corrected chi connectivity index (χ3v) is 5.98. The molecule has 1 aromatic carbocycles. The fourth-order valence-electron chi connectivity index (χ4n) is 3.37. The molecule has 30 heavy (non-hydrogen) atoms. The number of carbonyl (C=O) groups excluding carboxylic acids is 1. The minimum Gasteiger partial charge on any atom is -0.366 e. The zero-order valence-corrected chi connectivity index (χ0v) is 18.2. The topological polar surface area (TPSA) is 111 Å². The van der Waals surface area contributed by atoms with Gasteiger partial charge in [0.25, 0.3) is 5.78 Å². The summed E-state index contributed by atoms with van der Waals surface area (Å²) in [5.74, 6) is 0.564. The van der Waals surface area contributed by atoms with Crippen LogP contribution in [0.1, 0.15) is 34.5 Å². The Morgan fingerprint density at radius 1 is 1.13 bits per heavy atom. The predicted molar refractivity (Wildman–Crippen MR) is 119 cm³/mol. The van der Waals surface area contributed by atoms with Gasteiger partial charge in [0.1, 0.15) is 0 Å². The minimum absolute atomic E-state index is 0.0898. The van der Waals surface area contributed by atoms with Crippen LogP contribution < -0.4 is 11.1 Å². The van der Waals surface area contributed by atoms with E-state index in [1.165, 1.54) is 22.5 Å². The monoisotopic (exact) mass is 421 g/mol. The molecular weight excluding hydrogens is 398 g/mol. The molecule has 4 aromatic rings. The van der Waals surface area contributed by atoms with Crippen molar-refractivity contribution in [1.29, 1.82) is 0 Å². The molecule has 0 spiro atoms. The van der Waals surface area contributed by atoms with Gasteiger partial charge in [-0.25, -0.2) is 9.97 Å². The van der Waals surface area contributed by atoms with E-state index >= 15 is 0 Å². The molecule has 3 N–H and O–H groups in total. The molecule has 8 nitrogen and oxygen atoms in total. The van der Waals surface area contributed by atoms with E-state index in [9.17, 15) is 4.79 Å². The number of nitrogens with one attached hydrogen (secondary N) is 1. The number of nitrogens with two attached hydrogens (primary N) is 1. The molecule has 1 amide bonds. The predicted octanol–water partition coefficient (Wildman–Crippen LogP) is 3.63. The number of carbonyl (C=O) groups is 1. The van der Waals surface area contributed by atoms with Gasteiger partial charge in [0, 0.05) is 28.8 Å². The van der Waals surface area contributed by atoms with Crippen molar-refractivity contribution in [2.45, 2.75) is 40.5 Å². The number of amides is 1. The van der Waals surface area contributed by atoms with Gasteiger partial charge in [0.05, 0.1) is 5.69 Å². The first-order valence-electron chi connectivity index (χ1n) is 9.63. The smallest absolute Gasteiger partial charge is 0.254 e. The Labute approximate surface area is 178 Å². The fourth-order valence-corrected chi connectivity index (χ4v) is 4.11. The first kappa shape index (κ1) is 20.0. The van der Waals surface area contributed by atoms with Crippen LogP contribution in [0.4, 0.5) is 11.1 Å². The molecule has 3 heterocycles. The Hall–Kier alpha value is -3.33. The number of nitrogens with zero attached hydrogens (tertiary/aromatic N) is 5. The molecule has 3 aromatic heterocycles. The summed E-state index contributed by atoms with van der Waals surface area (Å²) in [7, 11) is 0. The maximum Gasteiger partial charge on any atom is 0.254 e. The normalized spacial score (nSPS) is 11.2. The van der Waals surface area contributed by atoms with Crippen LogP contribution in [0.2, 0.25) is 0 Å². The summed E-state index contributed by atoms with van der Waals surface area (Å²) < 4.78 is 1.62. The number of benzene rings is 1. The summed E-state index contributed by atoms with van der Waals surface area (Å²) in [4.78, 5) is 25.6. The highest BCUT2D eigenvalue weighted by molar-refractivity contribution is 7.14. The molecule has 0 saturated heterocycles. The van der Waals surface area contributed by atoms with Crippen molar-refractivity contribution < 1.29 is 4.79 Å². The number of aryl methyl sites for hydroxylation is 4. The maximum atomic E-state index is 12.5. The van der Waals surface area contributed by atoms with Crippen molar-refractivity contribution in [2.24, 2.45) is 0 Å². The highest BCUT2D eigenvalue weighted by atomic mass is 32.1. The fraction of sp³-hybridized carbons (Fsp3) is 0.286. The van der Waals surface area contributed by atoms with Crippen molar-refractivity contribution >= 4 is 34.1 Å². The molecule has 0 bridgehead atoms. The van der Waals surface area contributed by atoms with Gasteiger partial charge in [-0.2, -0.15) is 9.50 Å². The Bertz CT molecular complexity index is 1260. The molecule has 0 radical (unpaired) electrons. The molecule has 0 saturated carbocycles. The second kappa shape index (κ2) is 7.83. The Morgan fingerprint density at radius 2 is 1.93 bits per heavy atom. The molecule has 0 aliphatic rings. The highest BCUT2D eigenvalue weighted by Gasteiger charge is 2.15. The van der Waals surface area contributed by atoms with Crippen LogP contribution in [0.5, 0.6) is 0 Å². The largest absolute Gasteiger partial charge is 0.366 e. The van der Waals surface area contributed by atoms with Gasteiger partial charge in [-0.05, 0) is 56.9 Å². The number of anilines is 2. The number of thiazole rings is 1. The van der Waals surface area contributed by atoms with Crippen LogP contribution in [0.25, 0.3) is 17.0 Å². The molecule has 0 aliphatic carbocycles. The lowest BCUT2D eigenvalue weighted by Crippen LogP contribution is -2.14. The third-order valence-electron chi connectivity index (χ3n) is 5.22. The van der Waals surface area contributed by atoms with E-state index in [-0.39, 0.29) is 11.9 Å². The number of rotatable bonds is 5. The van der Waals surface area contributed by atoms with Gasteiger partial charge < -0.3 is 11.1 Å². The molecule has 154 valence electrons. The van der Waals surface area contributed by atoms with Gasteiger partial charge >= 0.3 is 0 Å². The summed E-state index contributed by atoms with van der Waals surface area (Å²) in [5.41, 5.74) is 12.7. The van der Waals surface area contributed by atoms with Crippen molar-refractivity contribution in [3.8, 4) is 11.3 Å². The quantitative estimate of drug-likeness (QED) is 0.509. The van der Waals surface area contributed by atoms with Crippen molar-refractivity contribution in [3.63, 3.8) is 0 Å². The van der Waals surface area contributed by atoms with Gasteiger partial charge in [0.2, 0.25) is 11.9 Å². The lowest BCUT2D eigenvalue weighted by Gasteiger charge is -2.10. The van der Waals surface area contributed by atoms with E-state index in [0.29, 0.717) is 23.8 Å². The van der Waals surface area contributed by atoms with Crippen LogP contribution in [0.15, 0.2) is 23.6 Å². The average molecular weight is 422 g/mol. The van der Waals surface area contributed by atoms with Crippen LogP contribution in [0, 0.1) is 27.7 Å².